The fraction of sp³-hybridized carbons (Fsp3) is 0.125. The minimum absolute atomic E-state index is 0.0507. The zero-order valence-electron chi connectivity index (χ0n) is 11.1. The molecule has 0 aliphatic rings. The van der Waals surface area contributed by atoms with Crippen molar-refractivity contribution in [1.82, 2.24) is 4.98 Å². The molecule has 1 aromatic heterocycles. The van der Waals surface area contributed by atoms with Gasteiger partial charge in [-0.1, -0.05) is 17.7 Å². The Kier molecular flexibility index (Phi) is 4.08. The van der Waals surface area contributed by atoms with Crippen LogP contribution in [0, 0.1) is 6.92 Å². The van der Waals surface area contributed by atoms with Crippen LogP contribution in [0.2, 0.25) is 0 Å². The van der Waals surface area contributed by atoms with Crippen molar-refractivity contribution in [3.8, 4) is 0 Å². The quantitative estimate of drug-likeness (QED) is 0.668. The van der Waals surface area contributed by atoms with Gasteiger partial charge in [0, 0.05) is 35.4 Å². The average Bonchev–Trinajstić information content (AvgIpc) is 2.42. The summed E-state index contributed by atoms with van der Waals surface area (Å²) in [6.07, 6.45) is 4.80. The molecule has 0 atom stereocenters. The van der Waals surface area contributed by atoms with Gasteiger partial charge in [0.05, 0.1) is 0 Å². The van der Waals surface area contributed by atoms with E-state index in [0.29, 0.717) is 5.56 Å². The summed E-state index contributed by atoms with van der Waals surface area (Å²) in [5.41, 5.74) is 3.57. The van der Waals surface area contributed by atoms with E-state index in [1.54, 1.807) is 30.6 Å². The number of nitrogens with zero attached hydrogens (tertiary/aromatic N) is 1. The maximum atomic E-state index is 11.9. The van der Waals surface area contributed by atoms with E-state index in [1.807, 2.05) is 38.1 Å². The molecular weight excluding hydrogens is 236 g/mol. The Morgan fingerprint density at radius 3 is 2.58 bits per heavy atom. The van der Waals surface area contributed by atoms with Crippen molar-refractivity contribution in [2.24, 2.45) is 0 Å². The highest BCUT2D eigenvalue weighted by molar-refractivity contribution is 6.04. The summed E-state index contributed by atoms with van der Waals surface area (Å²) < 4.78 is 0. The van der Waals surface area contributed by atoms with Crippen LogP contribution in [-0.4, -0.2) is 10.8 Å². The Morgan fingerprint density at radius 2 is 1.95 bits per heavy atom. The summed E-state index contributed by atoms with van der Waals surface area (Å²) in [4.78, 5) is 15.9. The number of carbonyl (C=O) groups excluding carboxylic acids is 1. The second-order valence-corrected chi connectivity index (χ2v) is 4.42. The first-order valence-corrected chi connectivity index (χ1v) is 6.11. The van der Waals surface area contributed by atoms with Gasteiger partial charge in [0.1, 0.15) is 0 Å². The maximum absolute atomic E-state index is 11.9. The summed E-state index contributed by atoms with van der Waals surface area (Å²) in [6.45, 7) is 3.91. The molecule has 0 aliphatic heterocycles. The zero-order chi connectivity index (χ0) is 13.7. The van der Waals surface area contributed by atoms with Crippen LogP contribution in [-0.2, 0) is 0 Å². The third-order valence-corrected chi connectivity index (χ3v) is 2.69. The number of nitrogens with one attached hydrogen (secondary N) is 1. The normalized spacial score (nSPS) is 11.2. The second kappa shape index (κ2) is 5.96. The van der Waals surface area contributed by atoms with E-state index < -0.39 is 0 Å². The Morgan fingerprint density at radius 1 is 1.21 bits per heavy atom. The summed E-state index contributed by atoms with van der Waals surface area (Å²) >= 11 is 0. The fourth-order valence-corrected chi connectivity index (χ4v) is 1.69. The van der Waals surface area contributed by atoms with Crippen molar-refractivity contribution in [3.05, 3.63) is 71.7 Å². The van der Waals surface area contributed by atoms with Crippen LogP contribution >= 0.6 is 0 Å². The Labute approximate surface area is 113 Å². The number of carbonyl (C=O) groups is 1. The molecule has 0 fully saturated rings. The molecule has 2 aromatic rings. The van der Waals surface area contributed by atoms with E-state index in [2.05, 4.69) is 10.3 Å². The highest BCUT2D eigenvalue weighted by Gasteiger charge is 2.02. The monoisotopic (exact) mass is 252 g/mol. The number of allylic oxidation sites excluding steroid dienone is 2. The van der Waals surface area contributed by atoms with Crippen LogP contribution in [0.1, 0.15) is 22.8 Å². The predicted octanol–water partition coefficient (Wildman–Crippen LogP) is 3.59. The van der Waals surface area contributed by atoms with Crippen LogP contribution < -0.4 is 5.32 Å². The molecule has 96 valence electrons. The van der Waals surface area contributed by atoms with E-state index in [1.165, 1.54) is 5.56 Å². The number of anilines is 1. The lowest BCUT2D eigenvalue weighted by molar-refractivity contribution is 0.104. The number of aryl methyl sites for hydroxylation is 1. The summed E-state index contributed by atoms with van der Waals surface area (Å²) in [5, 5.41) is 3.19. The molecule has 19 heavy (non-hydrogen) atoms. The molecule has 3 heteroatoms. The van der Waals surface area contributed by atoms with Gasteiger partial charge in [0.25, 0.3) is 0 Å². The van der Waals surface area contributed by atoms with Crippen LogP contribution in [0.3, 0.4) is 0 Å². The van der Waals surface area contributed by atoms with Crippen LogP contribution in [0.5, 0.6) is 0 Å². The topological polar surface area (TPSA) is 42.0 Å². The van der Waals surface area contributed by atoms with Gasteiger partial charge in [-0.05, 0) is 38.1 Å². The van der Waals surface area contributed by atoms with E-state index >= 15 is 0 Å². The first-order chi connectivity index (χ1) is 9.15. The molecule has 0 unspecified atom stereocenters. The smallest absolute Gasteiger partial charge is 0.189 e. The minimum atomic E-state index is -0.0507. The van der Waals surface area contributed by atoms with E-state index in [9.17, 15) is 4.79 Å². The van der Waals surface area contributed by atoms with Gasteiger partial charge in [-0.25, -0.2) is 0 Å². The van der Waals surface area contributed by atoms with Gasteiger partial charge >= 0.3 is 0 Å². The Balaban J connectivity index is 2.07. The molecule has 1 aromatic carbocycles. The lowest BCUT2D eigenvalue weighted by atomic mass is 10.1. The average molecular weight is 252 g/mol. The summed E-state index contributed by atoms with van der Waals surface area (Å²) in [6, 6.07) is 11.5. The molecule has 0 saturated heterocycles. The predicted molar refractivity (Wildman–Crippen MR) is 77.1 cm³/mol. The van der Waals surface area contributed by atoms with Gasteiger partial charge in [-0.15, -0.1) is 0 Å². The van der Waals surface area contributed by atoms with E-state index in [4.69, 9.17) is 0 Å². The van der Waals surface area contributed by atoms with Gasteiger partial charge in [0.15, 0.2) is 5.78 Å². The van der Waals surface area contributed by atoms with E-state index in [-0.39, 0.29) is 5.78 Å². The number of benzene rings is 1. The highest BCUT2D eigenvalue weighted by atomic mass is 16.1. The first kappa shape index (κ1) is 13.0. The van der Waals surface area contributed by atoms with E-state index in [0.717, 1.165) is 11.4 Å². The van der Waals surface area contributed by atoms with Gasteiger partial charge in [-0.3, -0.25) is 9.78 Å². The minimum Gasteiger partial charge on any atom is -0.359 e. The van der Waals surface area contributed by atoms with Gasteiger partial charge in [0.2, 0.25) is 0 Å². The standard InChI is InChI=1S/C16H16N2O/c1-12-5-7-15(8-6-12)18-13(2)10-16(19)14-4-3-9-17-11-14/h3-11,18H,1-2H3/b13-10+. The molecule has 0 radical (unpaired) electrons. The lowest BCUT2D eigenvalue weighted by Gasteiger charge is -2.06. The maximum Gasteiger partial charge on any atom is 0.189 e. The number of hydrogen-bond acceptors (Lipinski definition) is 3. The molecule has 1 N–H and O–H groups in total. The highest BCUT2D eigenvalue weighted by Crippen LogP contribution is 2.11. The number of pyridine rings is 1. The largest absolute Gasteiger partial charge is 0.359 e. The number of ketones is 1. The molecule has 2 rings (SSSR count). The van der Waals surface area contributed by atoms with Crippen molar-refractivity contribution in [2.75, 3.05) is 5.32 Å². The van der Waals surface area contributed by atoms with Crippen LogP contribution in [0.4, 0.5) is 5.69 Å². The number of aromatic nitrogens is 1. The molecule has 0 spiro atoms. The van der Waals surface area contributed by atoms with Gasteiger partial charge in [-0.2, -0.15) is 0 Å². The Bertz CT molecular complexity index is 586. The first-order valence-electron chi connectivity index (χ1n) is 6.11. The molecule has 0 bridgehead atoms. The lowest BCUT2D eigenvalue weighted by Crippen LogP contribution is -2.01. The summed E-state index contributed by atoms with van der Waals surface area (Å²) in [7, 11) is 0. The molecule has 3 nitrogen and oxygen atoms in total. The molecule has 1 heterocycles. The number of rotatable bonds is 4. The third-order valence-electron chi connectivity index (χ3n) is 2.69. The van der Waals surface area contributed by atoms with Crippen molar-refractivity contribution in [1.29, 1.82) is 0 Å². The van der Waals surface area contributed by atoms with Crippen molar-refractivity contribution >= 4 is 11.5 Å². The fourth-order valence-electron chi connectivity index (χ4n) is 1.69. The van der Waals surface area contributed by atoms with Crippen molar-refractivity contribution in [3.63, 3.8) is 0 Å². The molecular formula is C16H16N2O. The third kappa shape index (κ3) is 3.78. The van der Waals surface area contributed by atoms with Crippen LogP contribution in [0.25, 0.3) is 0 Å². The molecule has 0 aliphatic carbocycles. The number of hydrogen-bond donors (Lipinski definition) is 1. The summed E-state index contributed by atoms with van der Waals surface area (Å²) in [5.74, 6) is -0.0507. The van der Waals surface area contributed by atoms with Crippen molar-refractivity contribution in [2.45, 2.75) is 13.8 Å². The zero-order valence-corrected chi connectivity index (χ0v) is 11.1. The second-order valence-electron chi connectivity index (χ2n) is 4.42. The molecule has 0 amide bonds. The SMILES string of the molecule is C/C(=C\C(=O)c1cccnc1)Nc1ccc(C)cc1. The van der Waals surface area contributed by atoms with Gasteiger partial charge < -0.3 is 5.32 Å². The van der Waals surface area contributed by atoms with Crippen molar-refractivity contribution < 1.29 is 4.79 Å². The Hall–Kier alpha value is -2.42. The molecule has 0 saturated carbocycles. The van der Waals surface area contributed by atoms with Crippen LogP contribution in [0.15, 0.2) is 60.6 Å².